The van der Waals surface area contributed by atoms with Gasteiger partial charge in [0.25, 0.3) is 0 Å². The van der Waals surface area contributed by atoms with Crippen molar-refractivity contribution in [2.75, 3.05) is 46.3 Å². The number of nitrogens with zero attached hydrogens (tertiary/aromatic N) is 3. The van der Waals surface area contributed by atoms with Crippen molar-refractivity contribution in [3.8, 4) is 0 Å². The van der Waals surface area contributed by atoms with Crippen molar-refractivity contribution < 1.29 is 0 Å². The highest BCUT2D eigenvalue weighted by molar-refractivity contribution is 4.82. The van der Waals surface area contributed by atoms with Crippen LogP contribution in [0.2, 0.25) is 0 Å². The molecule has 2 rings (SSSR count). The summed E-state index contributed by atoms with van der Waals surface area (Å²) < 4.78 is 0. The minimum Gasteiger partial charge on any atom is -0.309 e. The number of likely N-dealkylation sites (N-methyl/N-ethyl adjacent to an activating group) is 1. The van der Waals surface area contributed by atoms with Gasteiger partial charge in [0.1, 0.15) is 0 Å². The van der Waals surface area contributed by atoms with Crippen LogP contribution in [-0.2, 0) is 0 Å². The van der Waals surface area contributed by atoms with E-state index in [0.29, 0.717) is 23.7 Å². The Labute approximate surface area is 139 Å². The van der Waals surface area contributed by atoms with E-state index in [1.54, 1.807) is 0 Å². The fourth-order valence-electron chi connectivity index (χ4n) is 3.27. The topological polar surface area (TPSA) is 21.8 Å². The standard InChI is InChI=1S/2C9H20N2/c1-9(2,3)11-7-5-10(4)6-8-11;1-7(2)11-5-8(3)10-9(4)6-11/h5-8H2,1-4H3;7-10H,5-6H2,1-4H3. The van der Waals surface area contributed by atoms with Crippen LogP contribution in [-0.4, -0.2) is 84.7 Å². The minimum absolute atomic E-state index is 0.362. The molecule has 2 unspecified atom stereocenters. The van der Waals surface area contributed by atoms with Crippen LogP contribution in [0.3, 0.4) is 0 Å². The number of piperazine rings is 2. The zero-order valence-electron chi connectivity index (χ0n) is 16.3. The lowest BCUT2D eigenvalue weighted by Crippen LogP contribution is -2.55. The molecule has 2 atom stereocenters. The van der Waals surface area contributed by atoms with E-state index in [9.17, 15) is 0 Å². The molecule has 0 aromatic rings. The summed E-state index contributed by atoms with van der Waals surface area (Å²) in [5.41, 5.74) is 0.362. The summed E-state index contributed by atoms with van der Waals surface area (Å²) in [6, 6.07) is 2.00. The van der Waals surface area contributed by atoms with Crippen molar-refractivity contribution in [3.05, 3.63) is 0 Å². The molecule has 0 aliphatic carbocycles. The molecule has 132 valence electrons. The van der Waals surface area contributed by atoms with E-state index < -0.39 is 0 Å². The Balaban J connectivity index is 0.000000220. The molecule has 0 aromatic heterocycles. The lowest BCUT2D eigenvalue weighted by atomic mass is 10.1. The van der Waals surface area contributed by atoms with E-state index in [2.05, 4.69) is 75.5 Å². The van der Waals surface area contributed by atoms with Gasteiger partial charge >= 0.3 is 0 Å². The van der Waals surface area contributed by atoms with E-state index in [1.807, 2.05) is 0 Å². The van der Waals surface area contributed by atoms with Gasteiger partial charge in [-0.3, -0.25) is 9.80 Å². The van der Waals surface area contributed by atoms with E-state index in [-0.39, 0.29) is 0 Å². The molecule has 0 spiro atoms. The normalized spacial score (nSPS) is 29.3. The fraction of sp³-hybridized carbons (Fsp3) is 1.00. The maximum atomic E-state index is 3.52. The molecule has 0 radical (unpaired) electrons. The second-order valence-corrected chi connectivity index (χ2v) is 8.48. The lowest BCUT2D eigenvalue weighted by Gasteiger charge is -2.41. The second kappa shape index (κ2) is 8.62. The SMILES string of the molecule is CC1CN(C(C)C)CC(C)N1.CN1CCN(C(C)(C)C)CC1. The van der Waals surface area contributed by atoms with Crippen molar-refractivity contribution >= 4 is 0 Å². The molecular formula is C18H40N4. The number of rotatable bonds is 1. The summed E-state index contributed by atoms with van der Waals surface area (Å²) in [6.07, 6.45) is 0. The Morgan fingerprint density at radius 3 is 1.73 bits per heavy atom. The van der Waals surface area contributed by atoms with Gasteiger partial charge in [-0.15, -0.1) is 0 Å². The summed E-state index contributed by atoms with van der Waals surface area (Å²) in [5.74, 6) is 0. The number of nitrogens with one attached hydrogen (secondary N) is 1. The lowest BCUT2D eigenvalue weighted by molar-refractivity contribution is 0.0735. The van der Waals surface area contributed by atoms with Gasteiger partial charge in [0, 0.05) is 62.9 Å². The summed E-state index contributed by atoms with van der Waals surface area (Å²) in [5, 5.41) is 3.52. The zero-order chi connectivity index (χ0) is 16.9. The fourth-order valence-corrected chi connectivity index (χ4v) is 3.27. The third kappa shape index (κ3) is 6.95. The zero-order valence-corrected chi connectivity index (χ0v) is 16.3. The predicted molar refractivity (Wildman–Crippen MR) is 97.6 cm³/mol. The molecule has 2 heterocycles. The molecular weight excluding hydrogens is 272 g/mol. The van der Waals surface area contributed by atoms with Crippen LogP contribution in [0.1, 0.15) is 48.5 Å². The molecule has 2 fully saturated rings. The molecule has 0 saturated carbocycles. The van der Waals surface area contributed by atoms with Crippen molar-refractivity contribution in [3.63, 3.8) is 0 Å². The second-order valence-electron chi connectivity index (χ2n) is 8.48. The third-order valence-electron chi connectivity index (χ3n) is 4.77. The first-order valence-electron chi connectivity index (χ1n) is 9.03. The molecule has 4 heteroatoms. The predicted octanol–water partition coefficient (Wildman–Crippen LogP) is 2.11. The monoisotopic (exact) mass is 312 g/mol. The van der Waals surface area contributed by atoms with Gasteiger partial charge in [0.15, 0.2) is 0 Å². The highest BCUT2D eigenvalue weighted by Crippen LogP contribution is 2.14. The van der Waals surface area contributed by atoms with Crippen LogP contribution in [0.25, 0.3) is 0 Å². The van der Waals surface area contributed by atoms with Crippen molar-refractivity contribution in [2.24, 2.45) is 0 Å². The third-order valence-corrected chi connectivity index (χ3v) is 4.77. The van der Waals surface area contributed by atoms with Gasteiger partial charge in [-0.25, -0.2) is 0 Å². The highest BCUT2D eigenvalue weighted by Gasteiger charge is 2.24. The highest BCUT2D eigenvalue weighted by atomic mass is 15.3. The molecule has 4 nitrogen and oxygen atoms in total. The quantitative estimate of drug-likeness (QED) is 0.800. The Morgan fingerprint density at radius 1 is 0.909 bits per heavy atom. The molecule has 0 amide bonds. The van der Waals surface area contributed by atoms with Crippen molar-refractivity contribution in [1.82, 2.24) is 20.0 Å². The van der Waals surface area contributed by atoms with Crippen molar-refractivity contribution in [1.29, 1.82) is 0 Å². The average Bonchev–Trinajstić information content (AvgIpc) is 2.37. The molecule has 1 N–H and O–H groups in total. The summed E-state index contributed by atoms with van der Waals surface area (Å²) >= 11 is 0. The number of hydrogen-bond donors (Lipinski definition) is 1. The molecule has 2 aliphatic rings. The van der Waals surface area contributed by atoms with Crippen LogP contribution in [0.5, 0.6) is 0 Å². The van der Waals surface area contributed by atoms with E-state index >= 15 is 0 Å². The number of hydrogen-bond acceptors (Lipinski definition) is 4. The smallest absolute Gasteiger partial charge is 0.0169 e. The largest absolute Gasteiger partial charge is 0.309 e. The molecule has 22 heavy (non-hydrogen) atoms. The van der Waals surface area contributed by atoms with Crippen LogP contribution >= 0.6 is 0 Å². The molecule has 0 aromatic carbocycles. The minimum atomic E-state index is 0.362. The average molecular weight is 313 g/mol. The van der Waals surface area contributed by atoms with Crippen molar-refractivity contribution in [2.45, 2.75) is 72.1 Å². The van der Waals surface area contributed by atoms with Gasteiger partial charge < -0.3 is 10.2 Å². The first-order valence-corrected chi connectivity index (χ1v) is 9.03. The molecule has 2 aliphatic heterocycles. The Hall–Kier alpha value is -0.160. The van der Waals surface area contributed by atoms with Gasteiger partial charge in [0.2, 0.25) is 0 Å². The summed E-state index contributed by atoms with van der Waals surface area (Å²) in [6.45, 7) is 23.2. The maximum absolute atomic E-state index is 3.52. The van der Waals surface area contributed by atoms with Gasteiger partial charge in [-0.05, 0) is 55.5 Å². The van der Waals surface area contributed by atoms with Gasteiger partial charge in [0.05, 0.1) is 0 Å². The Bertz CT molecular complexity index is 293. The first-order chi connectivity index (χ1) is 10.1. The van der Waals surface area contributed by atoms with Crippen LogP contribution in [0, 0.1) is 0 Å². The first kappa shape index (κ1) is 19.9. The van der Waals surface area contributed by atoms with E-state index in [4.69, 9.17) is 0 Å². The Morgan fingerprint density at radius 2 is 1.36 bits per heavy atom. The maximum Gasteiger partial charge on any atom is 0.0169 e. The van der Waals surface area contributed by atoms with E-state index in [0.717, 1.165) is 0 Å². The molecule has 2 saturated heterocycles. The molecule has 0 bridgehead atoms. The van der Waals surface area contributed by atoms with Crippen LogP contribution in [0.15, 0.2) is 0 Å². The van der Waals surface area contributed by atoms with Gasteiger partial charge in [-0.2, -0.15) is 0 Å². The van der Waals surface area contributed by atoms with Crippen LogP contribution in [0.4, 0.5) is 0 Å². The van der Waals surface area contributed by atoms with Crippen LogP contribution < -0.4 is 5.32 Å². The Kier molecular flexibility index (Phi) is 7.80. The summed E-state index contributed by atoms with van der Waals surface area (Å²) in [7, 11) is 2.19. The van der Waals surface area contributed by atoms with E-state index in [1.165, 1.54) is 39.3 Å². The summed E-state index contributed by atoms with van der Waals surface area (Å²) in [4.78, 5) is 7.47. The van der Waals surface area contributed by atoms with Gasteiger partial charge in [-0.1, -0.05) is 0 Å².